The number of aliphatic carboxylic acids is 1. The van der Waals surface area contributed by atoms with Gasteiger partial charge in [-0.2, -0.15) is 0 Å². The van der Waals surface area contributed by atoms with Crippen molar-refractivity contribution in [3.05, 3.63) is 35.1 Å². The summed E-state index contributed by atoms with van der Waals surface area (Å²) in [6.07, 6.45) is -1.24. The van der Waals surface area contributed by atoms with Gasteiger partial charge in [0, 0.05) is 0 Å². The van der Waals surface area contributed by atoms with Gasteiger partial charge < -0.3 is 10.2 Å². The molecule has 2 N–H and O–H groups in total. The largest absolute Gasteiger partial charge is 0.481 e. The van der Waals surface area contributed by atoms with Crippen LogP contribution in [0.1, 0.15) is 31.1 Å². The fourth-order valence-electron chi connectivity index (χ4n) is 1.41. The Morgan fingerprint density at radius 2 is 2.00 bits per heavy atom. The first-order valence-corrected chi connectivity index (χ1v) is 4.94. The molecule has 0 fully saturated rings. The highest BCUT2D eigenvalue weighted by atomic mass is 19.1. The van der Waals surface area contributed by atoms with Crippen LogP contribution in [0.2, 0.25) is 0 Å². The van der Waals surface area contributed by atoms with E-state index in [-0.39, 0.29) is 0 Å². The van der Waals surface area contributed by atoms with Gasteiger partial charge in [0.15, 0.2) is 0 Å². The molecule has 0 radical (unpaired) electrons. The Hall–Kier alpha value is -1.42. The number of aryl methyl sites for hydroxylation is 1. The van der Waals surface area contributed by atoms with E-state index in [1.165, 1.54) is 32.0 Å². The zero-order valence-corrected chi connectivity index (χ0v) is 9.49. The van der Waals surface area contributed by atoms with E-state index in [1.54, 1.807) is 6.92 Å². The van der Waals surface area contributed by atoms with Gasteiger partial charge >= 0.3 is 5.97 Å². The van der Waals surface area contributed by atoms with E-state index in [4.69, 9.17) is 5.11 Å². The van der Waals surface area contributed by atoms with Crippen molar-refractivity contribution < 1.29 is 19.4 Å². The summed E-state index contributed by atoms with van der Waals surface area (Å²) in [5.74, 6) is -1.61. The number of benzene rings is 1. The van der Waals surface area contributed by atoms with Crippen LogP contribution in [0, 0.1) is 18.2 Å². The highest BCUT2D eigenvalue weighted by Gasteiger charge is 2.37. The van der Waals surface area contributed by atoms with Crippen LogP contribution in [0.15, 0.2) is 18.2 Å². The molecule has 1 aromatic rings. The van der Waals surface area contributed by atoms with Crippen molar-refractivity contribution in [2.45, 2.75) is 26.9 Å². The van der Waals surface area contributed by atoms with E-state index < -0.39 is 23.3 Å². The second-order valence-electron chi connectivity index (χ2n) is 4.43. The highest BCUT2D eigenvalue weighted by Crippen LogP contribution is 2.35. The first-order valence-electron chi connectivity index (χ1n) is 4.94. The van der Waals surface area contributed by atoms with Gasteiger partial charge in [-0.1, -0.05) is 6.07 Å². The SMILES string of the molecule is Cc1ccc(F)cc1C(O)C(C)(C)C(=O)O. The molecule has 1 atom stereocenters. The second-order valence-corrected chi connectivity index (χ2v) is 4.43. The van der Waals surface area contributed by atoms with Crippen molar-refractivity contribution in [2.75, 3.05) is 0 Å². The van der Waals surface area contributed by atoms with Crippen molar-refractivity contribution in [2.24, 2.45) is 5.41 Å². The Balaban J connectivity index is 3.19. The number of aliphatic hydroxyl groups is 1. The van der Waals surface area contributed by atoms with Crippen molar-refractivity contribution >= 4 is 5.97 Å². The number of rotatable bonds is 3. The number of halogens is 1. The van der Waals surface area contributed by atoms with E-state index in [0.717, 1.165) is 0 Å². The maximum Gasteiger partial charge on any atom is 0.312 e. The van der Waals surface area contributed by atoms with Crippen LogP contribution < -0.4 is 0 Å². The molecule has 0 spiro atoms. The zero-order chi connectivity index (χ0) is 12.5. The zero-order valence-electron chi connectivity index (χ0n) is 9.49. The Labute approximate surface area is 93.5 Å². The number of aliphatic hydroxyl groups excluding tert-OH is 1. The summed E-state index contributed by atoms with van der Waals surface area (Å²) in [6.45, 7) is 4.52. The minimum atomic E-state index is -1.35. The summed E-state index contributed by atoms with van der Waals surface area (Å²) in [4.78, 5) is 11.0. The van der Waals surface area contributed by atoms with Crippen molar-refractivity contribution in [3.8, 4) is 0 Å². The average molecular weight is 226 g/mol. The summed E-state index contributed by atoms with van der Waals surface area (Å²) in [5, 5.41) is 19.0. The van der Waals surface area contributed by atoms with E-state index in [9.17, 15) is 14.3 Å². The lowest BCUT2D eigenvalue weighted by Crippen LogP contribution is -2.31. The van der Waals surface area contributed by atoms with Crippen LogP contribution >= 0.6 is 0 Å². The summed E-state index contributed by atoms with van der Waals surface area (Å²) in [5.41, 5.74) is -0.367. The van der Waals surface area contributed by atoms with Gasteiger partial charge in [0.1, 0.15) is 5.82 Å². The van der Waals surface area contributed by atoms with Crippen molar-refractivity contribution in [3.63, 3.8) is 0 Å². The van der Waals surface area contributed by atoms with Crippen LogP contribution in [-0.2, 0) is 4.79 Å². The van der Waals surface area contributed by atoms with Crippen LogP contribution in [0.5, 0.6) is 0 Å². The Morgan fingerprint density at radius 3 is 2.50 bits per heavy atom. The normalized spacial score (nSPS) is 13.6. The van der Waals surface area contributed by atoms with Crippen LogP contribution in [0.4, 0.5) is 4.39 Å². The first-order chi connectivity index (χ1) is 7.26. The third-order valence-electron chi connectivity index (χ3n) is 2.77. The molecule has 1 rings (SSSR count). The smallest absolute Gasteiger partial charge is 0.312 e. The molecule has 0 saturated carbocycles. The number of hydrogen-bond acceptors (Lipinski definition) is 2. The molecule has 0 amide bonds. The van der Waals surface area contributed by atoms with E-state index in [0.29, 0.717) is 11.1 Å². The monoisotopic (exact) mass is 226 g/mol. The highest BCUT2D eigenvalue weighted by molar-refractivity contribution is 5.74. The Bertz CT molecular complexity index is 413. The molecular weight excluding hydrogens is 211 g/mol. The molecule has 0 aliphatic rings. The van der Waals surface area contributed by atoms with E-state index >= 15 is 0 Å². The number of carbonyl (C=O) groups is 1. The molecule has 88 valence electrons. The molecule has 4 heteroatoms. The number of carboxylic acids is 1. The lowest BCUT2D eigenvalue weighted by molar-refractivity contribution is -0.153. The van der Waals surface area contributed by atoms with Gasteiger partial charge in [-0.3, -0.25) is 4.79 Å². The molecule has 0 aromatic heterocycles. The third-order valence-corrected chi connectivity index (χ3v) is 2.77. The molecule has 1 unspecified atom stereocenters. The van der Waals surface area contributed by atoms with Crippen LogP contribution in [0.3, 0.4) is 0 Å². The molecule has 3 nitrogen and oxygen atoms in total. The summed E-state index contributed by atoms with van der Waals surface area (Å²) in [7, 11) is 0. The van der Waals surface area contributed by atoms with Gasteiger partial charge in [-0.25, -0.2) is 4.39 Å². The topological polar surface area (TPSA) is 57.5 Å². The Kier molecular flexibility index (Phi) is 3.33. The molecular formula is C12H15FO3. The van der Waals surface area contributed by atoms with E-state index in [2.05, 4.69) is 0 Å². The molecule has 0 aliphatic carbocycles. The summed E-state index contributed by atoms with van der Waals surface area (Å²) >= 11 is 0. The fraction of sp³-hybridized carbons (Fsp3) is 0.417. The Morgan fingerprint density at radius 1 is 1.44 bits per heavy atom. The van der Waals surface area contributed by atoms with Gasteiger partial charge in [0.2, 0.25) is 0 Å². The molecule has 0 heterocycles. The maximum absolute atomic E-state index is 13.0. The minimum Gasteiger partial charge on any atom is -0.481 e. The second kappa shape index (κ2) is 4.22. The molecule has 0 bridgehead atoms. The lowest BCUT2D eigenvalue weighted by Gasteiger charge is -2.27. The molecule has 16 heavy (non-hydrogen) atoms. The van der Waals surface area contributed by atoms with Crippen molar-refractivity contribution in [1.82, 2.24) is 0 Å². The standard InChI is InChI=1S/C12H15FO3/c1-7-4-5-8(13)6-9(7)10(14)12(2,3)11(15)16/h4-6,10,14H,1-3H3,(H,15,16). The number of carboxylic acid groups (broad SMARTS) is 1. The van der Waals surface area contributed by atoms with Crippen molar-refractivity contribution in [1.29, 1.82) is 0 Å². The minimum absolute atomic E-state index is 0.312. The predicted octanol–water partition coefficient (Wildman–Crippen LogP) is 2.28. The van der Waals surface area contributed by atoms with Gasteiger partial charge in [-0.05, 0) is 44.0 Å². The lowest BCUT2D eigenvalue weighted by atomic mass is 9.81. The van der Waals surface area contributed by atoms with Crippen LogP contribution in [-0.4, -0.2) is 16.2 Å². The summed E-state index contributed by atoms with van der Waals surface area (Å²) < 4.78 is 13.0. The number of hydrogen-bond donors (Lipinski definition) is 2. The van der Waals surface area contributed by atoms with Gasteiger partial charge in [0.05, 0.1) is 11.5 Å². The average Bonchev–Trinajstić information content (AvgIpc) is 2.20. The third kappa shape index (κ3) is 2.22. The fourth-order valence-corrected chi connectivity index (χ4v) is 1.41. The van der Waals surface area contributed by atoms with Gasteiger partial charge in [0.25, 0.3) is 0 Å². The van der Waals surface area contributed by atoms with Gasteiger partial charge in [-0.15, -0.1) is 0 Å². The molecule has 0 saturated heterocycles. The molecule has 1 aromatic carbocycles. The predicted molar refractivity (Wildman–Crippen MR) is 57.5 cm³/mol. The first kappa shape index (κ1) is 12.6. The molecule has 0 aliphatic heterocycles. The van der Waals surface area contributed by atoms with Crippen LogP contribution in [0.25, 0.3) is 0 Å². The summed E-state index contributed by atoms with van der Waals surface area (Å²) in [6, 6.07) is 3.97. The maximum atomic E-state index is 13.0. The quantitative estimate of drug-likeness (QED) is 0.831. The van der Waals surface area contributed by atoms with E-state index in [1.807, 2.05) is 0 Å².